The standard InChI is InChI=1S/C19H23NO/c1-14-6-5-9-18(14)20-19(15-7-3-2-4-8-15)16-10-12-17(21)13-11-16/h2-4,7-8,10-14,18-21H,5-6,9H2,1H3. The number of benzene rings is 2. The van der Waals surface area contributed by atoms with Crippen LogP contribution in [0.1, 0.15) is 43.4 Å². The van der Waals surface area contributed by atoms with E-state index in [0.717, 1.165) is 5.92 Å². The zero-order valence-electron chi connectivity index (χ0n) is 12.5. The molecule has 2 N–H and O–H groups in total. The zero-order chi connectivity index (χ0) is 14.7. The summed E-state index contributed by atoms with van der Waals surface area (Å²) in [5.74, 6) is 1.05. The van der Waals surface area contributed by atoms with Crippen molar-refractivity contribution in [2.24, 2.45) is 5.92 Å². The van der Waals surface area contributed by atoms with E-state index < -0.39 is 0 Å². The third kappa shape index (κ3) is 3.27. The molecule has 1 saturated carbocycles. The van der Waals surface area contributed by atoms with Gasteiger partial charge in [0.25, 0.3) is 0 Å². The van der Waals surface area contributed by atoms with Gasteiger partial charge in [-0.25, -0.2) is 0 Å². The first kappa shape index (κ1) is 14.2. The van der Waals surface area contributed by atoms with Gasteiger partial charge in [-0.1, -0.05) is 55.8 Å². The molecule has 2 nitrogen and oxygen atoms in total. The first-order valence-electron chi connectivity index (χ1n) is 7.84. The molecule has 0 aromatic heterocycles. The molecule has 21 heavy (non-hydrogen) atoms. The first-order valence-corrected chi connectivity index (χ1v) is 7.84. The lowest BCUT2D eigenvalue weighted by molar-refractivity contribution is 0.399. The van der Waals surface area contributed by atoms with E-state index in [2.05, 4.69) is 42.6 Å². The minimum atomic E-state index is 0.192. The van der Waals surface area contributed by atoms with Crippen LogP contribution in [0.4, 0.5) is 0 Å². The highest BCUT2D eigenvalue weighted by Gasteiger charge is 2.26. The van der Waals surface area contributed by atoms with Crippen LogP contribution in [0.25, 0.3) is 0 Å². The lowest BCUT2D eigenvalue weighted by atomic mass is 9.96. The molecule has 1 fully saturated rings. The molecule has 0 spiro atoms. The number of phenols is 1. The average Bonchev–Trinajstić information content (AvgIpc) is 2.92. The molecule has 3 atom stereocenters. The van der Waals surface area contributed by atoms with Crippen LogP contribution in [0, 0.1) is 5.92 Å². The van der Waals surface area contributed by atoms with Crippen molar-refractivity contribution in [3.63, 3.8) is 0 Å². The number of hydrogen-bond acceptors (Lipinski definition) is 2. The summed E-state index contributed by atoms with van der Waals surface area (Å²) in [5.41, 5.74) is 2.49. The molecule has 2 heteroatoms. The van der Waals surface area contributed by atoms with Crippen LogP contribution in [0.15, 0.2) is 54.6 Å². The predicted molar refractivity (Wildman–Crippen MR) is 86.3 cm³/mol. The van der Waals surface area contributed by atoms with Gasteiger partial charge >= 0.3 is 0 Å². The summed E-state index contributed by atoms with van der Waals surface area (Å²) in [6.07, 6.45) is 3.88. The highest BCUT2D eigenvalue weighted by atomic mass is 16.3. The fraction of sp³-hybridized carbons (Fsp3) is 0.368. The van der Waals surface area contributed by atoms with Gasteiger partial charge in [-0.15, -0.1) is 0 Å². The second kappa shape index (κ2) is 6.31. The molecule has 0 radical (unpaired) electrons. The lowest BCUT2D eigenvalue weighted by Gasteiger charge is -2.26. The Morgan fingerprint density at radius 2 is 1.62 bits per heavy atom. The van der Waals surface area contributed by atoms with Crippen molar-refractivity contribution in [2.75, 3.05) is 0 Å². The van der Waals surface area contributed by atoms with Crippen LogP contribution >= 0.6 is 0 Å². The molecule has 0 saturated heterocycles. The summed E-state index contributed by atoms with van der Waals surface area (Å²) >= 11 is 0. The maximum absolute atomic E-state index is 9.51. The second-order valence-corrected chi connectivity index (χ2v) is 6.12. The smallest absolute Gasteiger partial charge is 0.115 e. The summed E-state index contributed by atoms with van der Waals surface area (Å²) in [7, 11) is 0. The molecule has 1 aliphatic carbocycles. The monoisotopic (exact) mass is 281 g/mol. The van der Waals surface area contributed by atoms with Gasteiger partial charge in [-0.3, -0.25) is 0 Å². The quantitative estimate of drug-likeness (QED) is 0.877. The highest BCUT2D eigenvalue weighted by Crippen LogP contribution is 2.30. The van der Waals surface area contributed by atoms with Gasteiger partial charge < -0.3 is 10.4 Å². The van der Waals surface area contributed by atoms with E-state index in [0.29, 0.717) is 11.8 Å². The van der Waals surface area contributed by atoms with Gasteiger partial charge in [0.15, 0.2) is 0 Å². The fourth-order valence-electron chi connectivity index (χ4n) is 3.30. The normalized spacial score (nSPS) is 23.1. The molecule has 1 aliphatic rings. The molecular formula is C19H23NO. The molecular weight excluding hydrogens is 258 g/mol. The Labute approximate surface area is 126 Å². The predicted octanol–water partition coefficient (Wildman–Crippen LogP) is 4.26. The van der Waals surface area contributed by atoms with Gasteiger partial charge in [-0.05, 0) is 42.0 Å². The van der Waals surface area contributed by atoms with E-state index >= 15 is 0 Å². The largest absolute Gasteiger partial charge is 0.508 e. The van der Waals surface area contributed by atoms with E-state index in [-0.39, 0.29) is 6.04 Å². The summed E-state index contributed by atoms with van der Waals surface area (Å²) in [6, 6.07) is 18.9. The van der Waals surface area contributed by atoms with Crippen molar-refractivity contribution in [1.29, 1.82) is 0 Å². The number of hydrogen-bond donors (Lipinski definition) is 2. The van der Waals surface area contributed by atoms with Gasteiger partial charge in [0, 0.05) is 6.04 Å². The lowest BCUT2D eigenvalue weighted by Crippen LogP contribution is -2.35. The van der Waals surface area contributed by atoms with Crippen LogP contribution < -0.4 is 5.32 Å². The molecule has 0 amide bonds. The van der Waals surface area contributed by atoms with Crippen LogP contribution in [0.2, 0.25) is 0 Å². The van der Waals surface area contributed by atoms with Crippen LogP contribution in [0.3, 0.4) is 0 Å². The number of phenolic OH excluding ortho intramolecular Hbond substituents is 1. The zero-order valence-corrected chi connectivity index (χ0v) is 12.5. The maximum atomic E-state index is 9.51. The van der Waals surface area contributed by atoms with Crippen molar-refractivity contribution in [1.82, 2.24) is 5.32 Å². The Kier molecular flexibility index (Phi) is 4.26. The average molecular weight is 281 g/mol. The van der Waals surface area contributed by atoms with E-state index in [4.69, 9.17) is 0 Å². The van der Waals surface area contributed by atoms with Crippen molar-refractivity contribution >= 4 is 0 Å². The molecule has 110 valence electrons. The fourth-order valence-corrected chi connectivity index (χ4v) is 3.30. The van der Waals surface area contributed by atoms with Gasteiger partial charge in [0.1, 0.15) is 5.75 Å². The summed E-state index contributed by atoms with van der Waals surface area (Å²) in [6.45, 7) is 2.34. The third-order valence-corrected chi connectivity index (χ3v) is 4.60. The summed E-state index contributed by atoms with van der Waals surface area (Å²) in [5, 5.41) is 13.4. The van der Waals surface area contributed by atoms with Crippen molar-refractivity contribution in [2.45, 2.75) is 38.3 Å². The molecule has 3 rings (SSSR count). The molecule has 3 unspecified atom stereocenters. The van der Waals surface area contributed by atoms with E-state index in [1.54, 1.807) is 12.1 Å². The topological polar surface area (TPSA) is 32.3 Å². The second-order valence-electron chi connectivity index (χ2n) is 6.12. The van der Waals surface area contributed by atoms with Gasteiger partial charge in [-0.2, -0.15) is 0 Å². The highest BCUT2D eigenvalue weighted by molar-refractivity contribution is 5.35. The molecule has 0 bridgehead atoms. The van der Waals surface area contributed by atoms with E-state index in [1.165, 1.54) is 30.4 Å². The molecule has 0 heterocycles. The molecule has 2 aromatic rings. The first-order chi connectivity index (χ1) is 10.2. The van der Waals surface area contributed by atoms with Crippen LogP contribution in [-0.4, -0.2) is 11.1 Å². The van der Waals surface area contributed by atoms with Crippen LogP contribution in [0.5, 0.6) is 5.75 Å². The molecule has 2 aromatic carbocycles. The van der Waals surface area contributed by atoms with Crippen molar-refractivity contribution in [3.05, 3.63) is 65.7 Å². The number of aromatic hydroxyl groups is 1. The number of rotatable bonds is 4. The minimum Gasteiger partial charge on any atom is -0.508 e. The van der Waals surface area contributed by atoms with E-state index in [9.17, 15) is 5.11 Å². The Bertz CT molecular complexity index is 564. The van der Waals surface area contributed by atoms with Gasteiger partial charge in [0.2, 0.25) is 0 Å². The maximum Gasteiger partial charge on any atom is 0.115 e. The van der Waals surface area contributed by atoms with Crippen LogP contribution in [-0.2, 0) is 0 Å². The SMILES string of the molecule is CC1CCCC1NC(c1ccccc1)c1ccc(O)cc1. The summed E-state index contributed by atoms with van der Waals surface area (Å²) in [4.78, 5) is 0. The van der Waals surface area contributed by atoms with E-state index in [1.807, 2.05) is 12.1 Å². The number of nitrogens with one attached hydrogen (secondary N) is 1. The van der Waals surface area contributed by atoms with Crippen molar-refractivity contribution < 1.29 is 5.11 Å². The summed E-state index contributed by atoms with van der Waals surface area (Å²) < 4.78 is 0. The van der Waals surface area contributed by atoms with Gasteiger partial charge in [0.05, 0.1) is 6.04 Å². The minimum absolute atomic E-state index is 0.192. The Hall–Kier alpha value is -1.80. The van der Waals surface area contributed by atoms with Crippen molar-refractivity contribution in [3.8, 4) is 5.75 Å². The molecule has 0 aliphatic heterocycles. The third-order valence-electron chi connectivity index (χ3n) is 4.60. The Morgan fingerprint density at radius 1 is 0.952 bits per heavy atom. The Balaban J connectivity index is 1.89. The Morgan fingerprint density at radius 3 is 2.24 bits per heavy atom.